The van der Waals surface area contributed by atoms with Crippen molar-refractivity contribution < 1.29 is 33.3 Å². The summed E-state index contributed by atoms with van der Waals surface area (Å²) in [6.07, 6.45) is 4.74. The number of carbonyl (C=O) groups excluding carboxylic acids is 3. The number of hydrogen-bond acceptors (Lipinski definition) is 8. The van der Waals surface area contributed by atoms with Crippen LogP contribution in [0.2, 0.25) is 0 Å². The second-order valence-electron chi connectivity index (χ2n) is 11.1. The minimum absolute atomic E-state index is 0. The van der Waals surface area contributed by atoms with E-state index in [0.717, 1.165) is 67.4 Å². The molecule has 226 valence electrons. The summed E-state index contributed by atoms with van der Waals surface area (Å²) in [5.74, 6) is -0.605. The second-order valence-corrected chi connectivity index (χ2v) is 11.1. The zero-order valence-electron chi connectivity index (χ0n) is 23.7. The van der Waals surface area contributed by atoms with Gasteiger partial charge in [-0.15, -0.1) is 12.4 Å². The van der Waals surface area contributed by atoms with Gasteiger partial charge in [-0.25, -0.2) is 4.79 Å². The molecule has 3 atom stereocenters. The molecule has 11 heteroatoms. The van der Waals surface area contributed by atoms with Crippen molar-refractivity contribution >= 4 is 36.3 Å². The number of aryl methyl sites for hydroxylation is 2. The van der Waals surface area contributed by atoms with Crippen molar-refractivity contribution in [2.24, 2.45) is 11.7 Å². The standard InChI is InChI=1S/C31H37N3O7.ClH/c1-18(40-31(37)41-24-5-3-2-4-6-24)39-28(35)16-22-14-23(34-30(22)36)17-38-25-10-12-27-20(15-25)8-7-19-13-21(29(32)33)9-11-26(19)27;/h9-13,15,18,22-24H,2-8,14,16-17H2,1H3,(H3,32,33)(H,34,36);1H/t18?,22-,23-;/m0./s1. The number of esters is 1. The molecule has 0 radical (unpaired) electrons. The van der Waals surface area contributed by atoms with Crippen molar-refractivity contribution in [3.8, 4) is 16.9 Å². The number of carbonyl (C=O) groups is 3. The van der Waals surface area contributed by atoms with E-state index in [-0.39, 0.29) is 49.3 Å². The van der Waals surface area contributed by atoms with Gasteiger partial charge in [-0.3, -0.25) is 15.0 Å². The first kappa shape index (κ1) is 31.2. The van der Waals surface area contributed by atoms with Crippen molar-refractivity contribution in [2.75, 3.05) is 6.61 Å². The van der Waals surface area contributed by atoms with E-state index in [1.165, 1.54) is 18.1 Å². The van der Waals surface area contributed by atoms with Gasteiger partial charge in [0.1, 0.15) is 24.3 Å². The van der Waals surface area contributed by atoms with Crippen molar-refractivity contribution in [2.45, 2.75) is 83.1 Å². The van der Waals surface area contributed by atoms with Gasteiger partial charge >= 0.3 is 12.1 Å². The molecule has 42 heavy (non-hydrogen) atoms. The highest BCUT2D eigenvalue weighted by Crippen LogP contribution is 2.36. The lowest BCUT2D eigenvalue weighted by atomic mass is 9.84. The normalized spacial score (nSPS) is 20.2. The Kier molecular flexibility index (Phi) is 10.3. The Morgan fingerprint density at radius 3 is 2.43 bits per heavy atom. The van der Waals surface area contributed by atoms with E-state index in [2.05, 4.69) is 5.32 Å². The lowest BCUT2D eigenvalue weighted by molar-refractivity contribution is -0.170. The van der Waals surface area contributed by atoms with Crippen molar-refractivity contribution in [1.29, 1.82) is 5.41 Å². The molecule has 0 bridgehead atoms. The molecule has 2 aliphatic carbocycles. The van der Waals surface area contributed by atoms with Crippen LogP contribution in [0.5, 0.6) is 5.75 Å². The van der Waals surface area contributed by atoms with E-state index < -0.39 is 24.3 Å². The fourth-order valence-corrected chi connectivity index (χ4v) is 5.88. The van der Waals surface area contributed by atoms with E-state index in [0.29, 0.717) is 6.42 Å². The molecular formula is C31H38ClN3O7. The maximum atomic E-state index is 12.5. The molecule has 1 amide bonds. The summed E-state index contributed by atoms with van der Waals surface area (Å²) >= 11 is 0. The first-order valence-electron chi connectivity index (χ1n) is 14.4. The predicted octanol–water partition coefficient (Wildman–Crippen LogP) is 4.81. The maximum absolute atomic E-state index is 12.5. The first-order valence-corrected chi connectivity index (χ1v) is 14.4. The molecule has 4 N–H and O–H groups in total. The number of hydrogen-bond donors (Lipinski definition) is 3. The highest BCUT2D eigenvalue weighted by atomic mass is 35.5. The van der Waals surface area contributed by atoms with E-state index in [1.54, 1.807) is 0 Å². The summed E-state index contributed by atoms with van der Waals surface area (Å²) in [7, 11) is 0. The zero-order valence-corrected chi connectivity index (χ0v) is 24.5. The van der Waals surface area contributed by atoms with Gasteiger partial charge in [0.15, 0.2) is 0 Å². The van der Waals surface area contributed by atoms with Crippen LogP contribution >= 0.6 is 12.4 Å². The van der Waals surface area contributed by atoms with E-state index >= 15 is 0 Å². The van der Waals surface area contributed by atoms with Crippen LogP contribution in [-0.4, -0.2) is 48.9 Å². The van der Waals surface area contributed by atoms with Crippen molar-refractivity contribution in [3.63, 3.8) is 0 Å². The minimum atomic E-state index is -1.10. The first-order chi connectivity index (χ1) is 19.7. The van der Waals surface area contributed by atoms with Crippen LogP contribution in [0.1, 0.15) is 68.6 Å². The number of ether oxygens (including phenoxy) is 4. The highest BCUT2D eigenvalue weighted by Gasteiger charge is 2.35. The Bertz CT molecular complexity index is 1330. The summed E-state index contributed by atoms with van der Waals surface area (Å²) in [5.41, 5.74) is 11.0. The number of nitrogens with one attached hydrogen (secondary N) is 2. The SMILES string of the molecule is CC(OC(=O)C[C@@H]1C[C@@H](COc2ccc3c(c2)CCc2cc(C(=N)N)ccc2-3)NC1=O)OC(=O)OC1CCCCC1.Cl. The van der Waals surface area contributed by atoms with Crippen LogP contribution < -0.4 is 15.8 Å². The van der Waals surface area contributed by atoms with Gasteiger partial charge in [-0.2, -0.15) is 0 Å². The Hall–Kier alpha value is -3.79. The molecule has 5 rings (SSSR count). The predicted molar refractivity (Wildman–Crippen MR) is 158 cm³/mol. The molecule has 10 nitrogen and oxygen atoms in total. The quantitative estimate of drug-likeness (QED) is 0.161. The molecular weight excluding hydrogens is 562 g/mol. The van der Waals surface area contributed by atoms with Crippen molar-refractivity contribution in [1.82, 2.24) is 5.32 Å². The summed E-state index contributed by atoms with van der Waals surface area (Å²) in [4.78, 5) is 36.9. The van der Waals surface area contributed by atoms with E-state index in [1.807, 2.05) is 36.4 Å². The fourth-order valence-electron chi connectivity index (χ4n) is 5.88. The number of nitrogen functional groups attached to an aromatic ring is 1. The Labute approximate surface area is 251 Å². The molecule has 1 aliphatic heterocycles. The van der Waals surface area contributed by atoms with E-state index in [9.17, 15) is 14.4 Å². The van der Waals surface area contributed by atoms with Crippen molar-refractivity contribution in [3.05, 3.63) is 53.1 Å². The third-order valence-electron chi connectivity index (χ3n) is 7.97. The van der Waals surface area contributed by atoms with Gasteiger partial charge < -0.3 is 30.0 Å². The molecule has 2 aromatic carbocycles. The Morgan fingerprint density at radius 1 is 1.02 bits per heavy atom. The fraction of sp³-hybridized carbons (Fsp3) is 0.484. The molecule has 1 saturated carbocycles. The third-order valence-corrected chi connectivity index (χ3v) is 7.97. The Balaban J connectivity index is 0.00000405. The number of fused-ring (bicyclic) bond motifs is 3. The number of amides is 1. The topological polar surface area (TPSA) is 150 Å². The average molecular weight is 600 g/mol. The average Bonchev–Trinajstić information content (AvgIpc) is 3.29. The maximum Gasteiger partial charge on any atom is 0.511 e. The number of halogens is 1. The van der Waals surface area contributed by atoms with Crippen LogP contribution in [0.4, 0.5) is 4.79 Å². The molecule has 2 fully saturated rings. The highest BCUT2D eigenvalue weighted by molar-refractivity contribution is 5.96. The lowest BCUT2D eigenvalue weighted by Gasteiger charge is -2.22. The summed E-state index contributed by atoms with van der Waals surface area (Å²) in [5, 5.41) is 10.6. The number of rotatable bonds is 9. The summed E-state index contributed by atoms with van der Waals surface area (Å²) in [6.45, 7) is 1.73. The Morgan fingerprint density at radius 2 is 1.71 bits per heavy atom. The zero-order chi connectivity index (χ0) is 28.9. The largest absolute Gasteiger partial charge is 0.511 e. The third kappa shape index (κ3) is 7.73. The molecule has 0 aromatic heterocycles. The van der Waals surface area contributed by atoms with Gasteiger partial charge in [0.2, 0.25) is 12.2 Å². The van der Waals surface area contributed by atoms with Crippen LogP contribution in [0.25, 0.3) is 11.1 Å². The monoisotopic (exact) mass is 599 g/mol. The molecule has 1 heterocycles. The van der Waals surface area contributed by atoms with Gasteiger partial charge in [-0.05, 0) is 85.4 Å². The number of amidine groups is 1. The number of nitrogens with two attached hydrogens (primary N) is 1. The van der Waals surface area contributed by atoms with Gasteiger partial charge in [0.25, 0.3) is 0 Å². The smallest absolute Gasteiger partial charge is 0.491 e. The molecule has 1 unspecified atom stereocenters. The van der Waals surface area contributed by atoms with Crippen LogP contribution in [-0.2, 0) is 36.6 Å². The van der Waals surface area contributed by atoms with Gasteiger partial charge in [0, 0.05) is 12.5 Å². The van der Waals surface area contributed by atoms with Gasteiger partial charge in [0.05, 0.1) is 18.4 Å². The minimum Gasteiger partial charge on any atom is -0.491 e. The summed E-state index contributed by atoms with van der Waals surface area (Å²) in [6, 6.07) is 11.6. The number of benzene rings is 2. The molecule has 1 saturated heterocycles. The molecule has 3 aliphatic rings. The van der Waals surface area contributed by atoms with E-state index in [4.69, 9.17) is 30.1 Å². The second kappa shape index (κ2) is 13.9. The molecule has 2 aromatic rings. The molecule has 0 spiro atoms. The lowest BCUT2D eigenvalue weighted by Crippen LogP contribution is -2.31. The summed E-state index contributed by atoms with van der Waals surface area (Å²) < 4.78 is 21.6. The van der Waals surface area contributed by atoms with Crippen LogP contribution in [0.3, 0.4) is 0 Å². The van der Waals surface area contributed by atoms with Gasteiger partial charge in [-0.1, -0.05) is 24.6 Å². The van der Waals surface area contributed by atoms with Crippen LogP contribution in [0, 0.1) is 11.3 Å². The van der Waals surface area contributed by atoms with Crippen LogP contribution in [0.15, 0.2) is 36.4 Å².